The molecule has 0 heterocycles. The first kappa shape index (κ1) is 17.2. The van der Waals surface area contributed by atoms with Crippen LogP contribution in [0.15, 0.2) is 30.3 Å². The molecule has 0 spiro atoms. The molecule has 0 radical (unpaired) electrons. The number of benzene rings is 1. The van der Waals surface area contributed by atoms with Crippen molar-refractivity contribution in [1.29, 1.82) is 0 Å². The van der Waals surface area contributed by atoms with E-state index in [0.29, 0.717) is 25.2 Å². The summed E-state index contributed by atoms with van der Waals surface area (Å²) >= 11 is 0. The molecule has 0 aliphatic heterocycles. The van der Waals surface area contributed by atoms with Gasteiger partial charge in [0.1, 0.15) is 0 Å². The molecule has 5 heteroatoms. The fraction of sp³-hybridized carbons (Fsp3) is 0.500. The van der Waals surface area contributed by atoms with Gasteiger partial charge in [-0.2, -0.15) is 0 Å². The first-order valence-electron chi connectivity index (χ1n) is 7.13. The predicted octanol–water partition coefficient (Wildman–Crippen LogP) is 2.39. The van der Waals surface area contributed by atoms with Gasteiger partial charge < -0.3 is 14.6 Å². The van der Waals surface area contributed by atoms with Crippen LogP contribution in [0.3, 0.4) is 0 Å². The van der Waals surface area contributed by atoms with Gasteiger partial charge in [-0.3, -0.25) is 9.59 Å². The SMILES string of the molecule is CCOCCCC(C(=O)O)(C(=O)OCC)c1ccccc1. The van der Waals surface area contributed by atoms with Gasteiger partial charge >= 0.3 is 11.9 Å². The van der Waals surface area contributed by atoms with Crippen molar-refractivity contribution >= 4 is 11.9 Å². The van der Waals surface area contributed by atoms with Crippen LogP contribution in [0.1, 0.15) is 32.3 Å². The summed E-state index contributed by atoms with van der Waals surface area (Å²) in [5.74, 6) is -1.91. The lowest BCUT2D eigenvalue weighted by Gasteiger charge is -2.27. The molecule has 1 atom stereocenters. The highest BCUT2D eigenvalue weighted by Gasteiger charge is 2.48. The van der Waals surface area contributed by atoms with E-state index in [2.05, 4.69) is 0 Å². The van der Waals surface area contributed by atoms with Gasteiger partial charge in [0.15, 0.2) is 5.41 Å². The minimum absolute atomic E-state index is 0.144. The number of hydrogen-bond acceptors (Lipinski definition) is 4. The Kier molecular flexibility index (Phi) is 6.88. The van der Waals surface area contributed by atoms with E-state index in [-0.39, 0.29) is 13.0 Å². The Morgan fingerprint density at radius 2 is 1.81 bits per heavy atom. The zero-order chi connectivity index (χ0) is 15.7. The van der Waals surface area contributed by atoms with Crippen LogP contribution in [-0.2, 0) is 24.5 Å². The quantitative estimate of drug-likeness (QED) is 0.430. The summed E-state index contributed by atoms with van der Waals surface area (Å²) in [6.45, 7) is 4.65. The van der Waals surface area contributed by atoms with Gasteiger partial charge in [0.25, 0.3) is 0 Å². The molecule has 5 nitrogen and oxygen atoms in total. The Morgan fingerprint density at radius 3 is 2.33 bits per heavy atom. The minimum Gasteiger partial charge on any atom is -0.480 e. The summed E-state index contributed by atoms with van der Waals surface area (Å²) in [7, 11) is 0. The van der Waals surface area contributed by atoms with Crippen LogP contribution in [-0.4, -0.2) is 36.9 Å². The van der Waals surface area contributed by atoms with Crippen LogP contribution in [0, 0.1) is 0 Å². The van der Waals surface area contributed by atoms with Gasteiger partial charge in [-0.15, -0.1) is 0 Å². The van der Waals surface area contributed by atoms with Crippen molar-refractivity contribution in [2.75, 3.05) is 19.8 Å². The van der Waals surface area contributed by atoms with Crippen molar-refractivity contribution in [2.24, 2.45) is 0 Å². The average Bonchev–Trinajstić information content (AvgIpc) is 2.48. The second-order valence-corrected chi connectivity index (χ2v) is 4.60. The van der Waals surface area contributed by atoms with Gasteiger partial charge in [-0.1, -0.05) is 30.3 Å². The van der Waals surface area contributed by atoms with E-state index in [1.54, 1.807) is 37.3 Å². The molecule has 0 fully saturated rings. The zero-order valence-corrected chi connectivity index (χ0v) is 12.5. The van der Waals surface area contributed by atoms with Gasteiger partial charge in [0.2, 0.25) is 0 Å². The molecule has 116 valence electrons. The number of aliphatic carboxylic acids is 1. The third kappa shape index (κ3) is 4.04. The van der Waals surface area contributed by atoms with E-state index in [4.69, 9.17) is 9.47 Å². The summed E-state index contributed by atoms with van der Waals surface area (Å²) in [5.41, 5.74) is -1.23. The molecule has 0 aromatic heterocycles. The Hall–Kier alpha value is -1.88. The molecule has 0 aliphatic rings. The molecule has 1 aromatic carbocycles. The molecule has 1 N–H and O–H groups in total. The summed E-state index contributed by atoms with van der Waals surface area (Å²) in [5, 5.41) is 9.69. The molecule has 0 saturated heterocycles. The van der Waals surface area contributed by atoms with Crippen LogP contribution < -0.4 is 0 Å². The van der Waals surface area contributed by atoms with E-state index in [0.717, 1.165) is 0 Å². The van der Waals surface area contributed by atoms with Crippen molar-refractivity contribution < 1.29 is 24.2 Å². The number of carbonyl (C=O) groups excluding carboxylic acids is 1. The third-order valence-electron chi connectivity index (χ3n) is 3.30. The zero-order valence-electron chi connectivity index (χ0n) is 12.5. The van der Waals surface area contributed by atoms with E-state index >= 15 is 0 Å². The highest BCUT2D eigenvalue weighted by Crippen LogP contribution is 2.32. The maximum absolute atomic E-state index is 12.3. The highest BCUT2D eigenvalue weighted by molar-refractivity contribution is 6.05. The number of carboxylic acid groups (broad SMARTS) is 1. The van der Waals surface area contributed by atoms with Crippen molar-refractivity contribution in [2.45, 2.75) is 32.1 Å². The molecule has 1 aromatic rings. The number of carbonyl (C=O) groups is 2. The van der Waals surface area contributed by atoms with E-state index < -0.39 is 17.4 Å². The molecule has 0 bridgehead atoms. The van der Waals surface area contributed by atoms with E-state index in [1.165, 1.54) is 0 Å². The minimum atomic E-state index is -1.67. The van der Waals surface area contributed by atoms with Gasteiger partial charge in [0.05, 0.1) is 6.61 Å². The molecular weight excluding hydrogens is 272 g/mol. The maximum atomic E-state index is 12.3. The average molecular weight is 294 g/mol. The first-order chi connectivity index (χ1) is 10.1. The highest BCUT2D eigenvalue weighted by atomic mass is 16.5. The van der Waals surface area contributed by atoms with Crippen LogP contribution in [0.4, 0.5) is 0 Å². The predicted molar refractivity (Wildman–Crippen MR) is 78.1 cm³/mol. The molecular formula is C16H22O5. The van der Waals surface area contributed by atoms with Gasteiger partial charge in [0, 0.05) is 13.2 Å². The second kappa shape index (κ2) is 8.42. The Morgan fingerprint density at radius 1 is 1.14 bits per heavy atom. The van der Waals surface area contributed by atoms with Crippen LogP contribution in [0.5, 0.6) is 0 Å². The second-order valence-electron chi connectivity index (χ2n) is 4.60. The standard InChI is InChI=1S/C16H22O5/c1-3-20-12-8-11-16(14(17)18,15(19)21-4-2)13-9-6-5-7-10-13/h5-7,9-10H,3-4,8,11-12H2,1-2H3,(H,17,18). The molecule has 1 unspecified atom stereocenters. The maximum Gasteiger partial charge on any atom is 0.328 e. The largest absolute Gasteiger partial charge is 0.480 e. The summed E-state index contributed by atoms with van der Waals surface area (Å²) < 4.78 is 10.3. The fourth-order valence-electron chi connectivity index (χ4n) is 2.24. The smallest absolute Gasteiger partial charge is 0.328 e. The molecule has 1 rings (SSSR count). The lowest BCUT2D eigenvalue weighted by atomic mass is 9.76. The third-order valence-corrected chi connectivity index (χ3v) is 3.30. The molecule has 21 heavy (non-hydrogen) atoms. The molecule has 0 amide bonds. The van der Waals surface area contributed by atoms with Crippen LogP contribution in [0.25, 0.3) is 0 Å². The van der Waals surface area contributed by atoms with Gasteiger partial charge in [-0.25, -0.2) is 0 Å². The van der Waals surface area contributed by atoms with E-state index in [9.17, 15) is 14.7 Å². The topological polar surface area (TPSA) is 72.8 Å². The Balaban J connectivity index is 3.11. The van der Waals surface area contributed by atoms with Crippen LogP contribution >= 0.6 is 0 Å². The monoisotopic (exact) mass is 294 g/mol. The number of carboxylic acids is 1. The number of ether oxygens (including phenoxy) is 2. The van der Waals surface area contributed by atoms with Crippen LogP contribution in [0.2, 0.25) is 0 Å². The van der Waals surface area contributed by atoms with Crippen molar-refractivity contribution in [3.63, 3.8) is 0 Å². The van der Waals surface area contributed by atoms with Crippen molar-refractivity contribution in [3.05, 3.63) is 35.9 Å². The lowest BCUT2D eigenvalue weighted by molar-refractivity contribution is -0.162. The van der Waals surface area contributed by atoms with Gasteiger partial charge in [-0.05, 0) is 32.3 Å². The normalized spacial score (nSPS) is 13.4. The number of rotatable bonds is 9. The number of hydrogen-bond donors (Lipinski definition) is 1. The fourth-order valence-corrected chi connectivity index (χ4v) is 2.24. The molecule has 0 aliphatic carbocycles. The first-order valence-corrected chi connectivity index (χ1v) is 7.13. The van der Waals surface area contributed by atoms with Crippen molar-refractivity contribution in [1.82, 2.24) is 0 Å². The van der Waals surface area contributed by atoms with E-state index in [1.807, 2.05) is 6.92 Å². The lowest BCUT2D eigenvalue weighted by Crippen LogP contribution is -2.45. The summed E-state index contributed by atoms with van der Waals surface area (Å²) in [6.07, 6.45) is 0.610. The summed E-state index contributed by atoms with van der Waals surface area (Å²) in [6, 6.07) is 8.50. The molecule has 0 saturated carbocycles. The Bertz CT molecular complexity index is 457. The number of esters is 1. The Labute approximate surface area is 124 Å². The summed E-state index contributed by atoms with van der Waals surface area (Å²) in [4.78, 5) is 24.2. The van der Waals surface area contributed by atoms with Crippen molar-refractivity contribution in [3.8, 4) is 0 Å².